The molecule has 0 aromatic carbocycles. The van der Waals surface area contributed by atoms with Crippen molar-refractivity contribution in [1.29, 1.82) is 0 Å². The van der Waals surface area contributed by atoms with Crippen LogP contribution in [0.15, 0.2) is 29.0 Å². The fourth-order valence-electron chi connectivity index (χ4n) is 8.91. The number of oxime groups is 1. The minimum atomic E-state index is 0.0593. The third-order valence-electron chi connectivity index (χ3n) is 10.0. The molecular weight excluding hydrogens is 334 g/mol. The summed E-state index contributed by atoms with van der Waals surface area (Å²) in [6.45, 7) is 3.29. The molecule has 1 aliphatic heterocycles. The van der Waals surface area contributed by atoms with E-state index < -0.39 is 0 Å². The zero-order chi connectivity index (χ0) is 18.3. The Labute approximate surface area is 162 Å². The molecule has 0 radical (unpaired) electrons. The zero-order valence-electron chi connectivity index (χ0n) is 16.6. The van der Waals surface area contributed by atoms with Crippen LogP contribution >= 0.6 is 0 Å². The SMILES string of the molecule is CC[C@]12CCC3C4CCC(=NO)C=C4CCC3C1CC1(CC1)[C@@]21C=CCO1. The Morgan fingerprint density at radius 1 is 1.15 bits per heavy atom. The molecule has 27 heavy (non-hydrogen) atoms. The first-order valence-electron chi connectivity index (χ1n) is 11.4. The van der Waals surface area contributed by atoms with Crippen molar-refractivity contribution in [2.75, 3.05) is 6.61 Å². The molecule has 5 aliphatic carbocycles. The lowest BCUT2D eigenvalue weighted by Gasteiger charge is -2.57. The summed E-state index contributed by atoms with van der Waals surface area (Å²) in [7, 11) is 0. The summed E-state index contributed by atoms with van der Waals surface area (Å²) in [6.07, 6.45) is 20.0. The largest absolute Gasteiger partial charge is 0.411 e. The summed E-state index contributed by atoms with van der Waals surface area (Å²) < 4.78 is 6.69. The monoisotopic (exact) mass is 367 g/mol. The van der Waals surface area contributed by atoms with Crippen molar-refractivity contribution in [2.45, 2.75) is 76.7 Å². The number of hydrogen-bond acceptors (Lipinski definition) is 3. The second kappa shape index (κ2) is 5.49. The summed E-state index contributed by atoms with van der Waals surface area (Å²) in [5.41, 5.74) is 3.40. The minimum absolute atomic E-state index is 0.0593. The Morgan fingerprint density at radius 2 is 2.04 bits per heavy atom. The lowest BCUT2D eigenvalue weighted by Crippen LogP contribution is -2.55. The predicted octanol–water partition coefficient (Wildman–Crippen LogP) is 5.49. The number of nitrogens with zero attached hydrogens (tertiary/aromatic N) is 1. The molecule has 0 saturated heterocycles. The Bertz CT molecular complexity index is 747. The van der Waals surface area contributed by atoms with Crippen molar-refractivity contribution >= 4 is 5.71 Å². The van der Waals surface area contributed by atoms with Crippen LogP contribution in [0.4, 0.5) is 0 Å². The molecule has 0 amide bonds. The van der Waals surface area contributed by atoms with Crippen LogP contribution in [0, 0.1) is 34.5 Å². The molecule has 6 aliphatic rings. The summed E-state index contributed by atoms with van der Waals surface area (Å²) in [4.78, 5) is 0. The van der Waals surface area contributed by atoms with Gasteiger partial charge in [-0.05, 0) is 94.0 Å². The van der Waals surface area contributed by atoms with Crippen LogP contribution in [-0.2, 0) is 4.74 Å². The number of fused-ring (bicyclic) bond motifs is 7. The van der Waals surface area contributed by atoms with Gasteiger partial charge in [0.2, 0.25) is 0 Å². The van der Waals surface area contributed by atoms with Crippen molar-refractivity contribution < 1.29 is 9.94 Å². The van der Waals surface area contributed by atoms with Crippen molar-refractivity contribution in [3.63, 3.8) is 0 Å². The maximum Gasteiger partial charge on any atom is 0.0982 e. The number of allylic oxidation sites excluding steroid dienone is 2. The van der Waals surface area contributed by atoms with E-state index in [9.17, 15) is 5.21 Å². The maximum atomic E-state index is 9.21. The average Bonchev–Trinajstić information content (AvgIpc) is 3.24. The average molecular weight is 368 g/mol. The van der Waals surface area contributed by atoms with Crippen LogP contribution in [0.3, 0.4) is 0 Å². The molecule has 1 N–H and O–H groups in total. The van der Waals surface area contributed by atoms with Crippen LogP contribution in [0.5, 0.6) is 0 Å². The number of ether oxygens (including phenoxy) is 1. The van der Waals surface area contributed by atoms with E-state index in [4.69, 9.17) is 4.74 Å². The third kappa shape index (κ3) is 1.90. The van der Waals surface area contributed by atoms with Gasteiger partial charge in [-0.2, -0.15) is 0 Å². The quantitative estimate of drug-likeness (QED) is 0.378. The molecule has 0 aromatic rings. The van der Waals surface area contributed by atoms with Gasteiger partial charge in [0.15, 0.2) is 0 Å². The topological polar surface area (TPSA) is 41.8 Å². The van der Waals surface area contributed by atoms with E-state index in [1.165, 1.54) is 57.8 Å². The summed E-state index contributed by atoms with van der Waals surface area (Å²) in [5, 5.41) is 12.7. The summed E-state index contributed by atoms with van der Waals surface area (Å²) in [6, 6.07) is 0. The first kappa shape index (κ1) is 16.8. The van der Waals surface area contributed by atoms with Crippen LogP contribution in [0.25, 0.3) is 0 Å². The molecule has 6 rings (SSSR count). The second-order valence-corrected chi connectivity index (χ2v) is 10.4. The lowest BCUT2D eigenvalue weighted by molar-refractivity contribution is -0.139. The van der Waals surface area contributed by atoms with Crippen LogP contribution in [-0.4, -0.2) is 23.1 Å². The fourth-order valence-corrected chi connectivity index (χ4v) is 8.91. The van der Waals surface area contributed by atoms with Crippen molar-refractivity contribution in [3.8, 4) is 0 Å². The van der Waals surface area contributed by atoms with E-state index in [1.807, 2.05) is 0 Å². The normalized spacial score (nSPS) is 50.6. The molecule has 3 nitrogen and oxygen atoms in total. The van der Waals surface area contributed by atoms with E-state index in [-0.39, 0.29) is 5.60 Å². The Hall–Kier alpha value is -1.09. The molecule has 4 fully saturated rings. The molecule has 0 aromatic heterocycles. The minimum Gasteiger partial charge on any atom is -0.411 e. The maximum absolute atomic E-state index is 9.21. The lowest BCUT2D eigenvalue weighted by atomic mass is 9.49. The highest BCUT2D eigenvalue weighted by atomic mass is 16.5. The van der Waals surface area contributed by atoms with Crippen LogP contribution < -0.4 is 0 Å². The van der Waals surface area contributed by atoms with Crippen LogP contribution in [0.2, 0.25) is 0 Å². The van der Waals surface area contributed by atoms with Gasteiger partial charge in [-0.25, -0.2) is 0 Å². The molecule has 3 heteroatoms. The van der Waals surface area contributed by atoms with Gasteiger partial charge < -0.3 is 9.94 Å². The highest BCUT2D eigenvalue weighted by molar-refractivity contribution is 5.96. The van der Waals surface area contributed by atoms with E-state index >= 15 is 0 Å². The van der Waals surface area contributed by atoms with Gasteiger partial charge in [0, 0.05) is 10.8 Å². The van der Waals surface area contributed by atoms with Gasteiger partial charge in [0.25, 0.3) is 0 Å². The van der Waals surface area contributed by atoms with Crippen molar-refractivity contribution in [2.24, 2.45) is 39.7 Å². The van der Waals surface area contributed by atoms with Gasteiger partial charge in [0.1, 0.15) is 0 Å². The molecule has 4 unspecified atom stereocenters. The molecular formula is C24H33NO2. The first-order chi connectivity index (χ1) is 13.2. The standard InChI is InChI=1S/C24H33NO2/c1-2-23-10-8-19-18-7-5-17(25-26)14-16(18)4-6-20(19)21(23)15-22(11-12-22)24(23)9-3-13-27-24/h3,9,14,18-21,26H,2,4-8,10-13,15H2,1H3/t18?,19?,20?,21?,23-,24-/m0/s1. The number of rotatable bonds is 1. The third-order valence-corrected chi connectivity index (χ3v) is 10.0. The molecule has 146 valence electrons. The highest BCUT2D eigenvalue weighted by Gasteiger charge is 2.77. The molecule has 2 spiro atoms. The molecule has 1 heterocycles. The van der Waals surface area contributed by atoms with E-state index in [0.29, 0.717) is 10.8 Å². The summed E-state index contributed by atoms with van der Waals surface area (Å²) in [5.74, 6) is 3.32. The molecule has 0 bridgehead atoms. The summed E-state index contributed by atoms with van der Waals surface area (Å²) >= 11 is 0. The second-order valence-electron chi connectivity index (χ2n) is 10.4. The Morgan fingerprint density at radius 3 is 2.74 bits per heavy atom. The Balaban J connectivity index is 1.38. The van der Waals surface area contributed by atoms with Crippen molar-refractivity contribution in [1.82, 2.24) is 0 Å². The highest BCUT2D eigenvalue weighted by Crippen LogP contribution is 2.79. The zero-order valence-corrected chi connectivity index (χ0v) is 16.6. The van der Waals surface area contributed by atoms with E-state index in [2.05, 4.69) is 30.3 Å². The van der Waals surface area contributed by atoms with E-state index in [0.717, 1.165) is 42.4 Å². The predicted molar refractivity (Wildman–Crippen MR) is 106 cm³/mol. The van der Waals surface area contributed by atoms with Gasteiger partial charge in [-0.15, -0.1) is 0 Å². The van der Waals surface area contributed by atoms with Gasteiger partial charge in [-0.3, -0.25) is 0 Å². The van der Waals surface area contributed by atoms with Gasteiger partial charge >= 0.3 is 0 Å². The Kier molecular flexibility index (Phi) is 3.42. The van der Waals surface area contributed by atoms with E-state index in [1.54, 1.807) is 5.57 Å². The number of hydrogen-bond donors (Lipinski definition) is 1. The fraction of sp³-hybridized carbons (Fsp3) is 0.792. The van der Waals surface area contributed by atoms with Crippen molar-refractivity contribution in [3.05, 3.63) is 23.8 Å². The molecule has 6 atom stereocenters. The first-order valence-corrected chi connectivity index (χ1v) is 11.4. The molecule has 4 saturated carbocycles. The van der Waals surface area contributed by atoms with Gasteiger partial charge in [-0.1, -0.05) is 29.8 Å². The van der Waals surface area contributed by atoms with Crippen LogP contribution in [0.1, 0.15) is 71.1 Å². The smallest absolute Gasteiger partial charge is 0.0982 e. The van der Waals surface area contributed by atoms with Gasteiger partial charge in [0.05, 0.1) is 17.9 Å².